The molecule has 0 heterocycles. The van der Waals surface area contributed by atoms with Gasteiger partial charge < -0.3 is 5.73 Å². The van der Waals surface area contributed by atoms with Gasteiger partial charge in [-0.25, -0.2) is 0 Å². The highest BCUT2D eigenvalue weighted by Crippen LogP contribution is 2.47. The first-order chi connectivity index (χ1) is 6.36. The summed E-state index contributed by atoms with van der Waals surface area (Å²) in [5.74, 6) is 1.52. The van der Waals surface area contributed by atoms with Crippen molar-refractivity contribution >= 4 is 0 Å². The van der Waals surface area contributed by atoms with Gasteiger partial charge in [0.1, 0.15) is 0 Å². The fourth-order valence-electron chi connectivity index (χ4n) is 2.11. The summed E-state index contributed by atoms with van der Waals surface area (Å²) in [6.45, 7) is 3.07. The monoisotopic (exact) mass is 175 g/mol. The Hall–Kier alpha value is -0.820. The van der Waals surface area contributed by atoms with Gasteiger partial charge in [0.15, 0.2) is 0 Å². The Kier molecular flexibility index (Phi) is 2.36. The molecule has 0 bridgehead atoms. The number of benzene rings is 1. The highest BCUT2D eigenvalue weighted by molar-refractivity contribution is 5.34. The van der Waals surface area contributed by atoms with E-state index in [9.17, 15) is 0 Å². The SMILES string of the molecule is CCc1ccccc1[C@@H]1C[C@H]1CN. The molecule has 0 aliphatic heterocycles. The summed E-state index contributed by atoms with van der Waals surface area (Å²) in [6, 6.07) is 8.77. The van der Waals surface area contributed by atoms with Crippen LogP contribution in [0.1, 0.15) is 30.4 Å². The van der Waals surface area contributed by atoms with Gasteiger partial charge in [-0.05, 0) is 42.3 Å². The normalized spacial score (nSPS) is 26.0. The van der Waals surface area contributed by atoms with E-state index in [1.54, 1.807) is 5.56 Å². The molecule has 70 valence electrons. The lowest BCUT2D eigenvalue weighted by Gasteiger charge is -2.05. The first-order valence-electron chi connectivity index (χ1n) is 5.14. The zero-order chi connectivity index (χ0) is 9.26. The van der Waals surface area contributed by atoms with Crippen molar-refractivity contribution in [1.82, 2.24) is 0 Å². The summed E-state index contributed by atoms with van der Waals surface area (Å²) >= 11 is 0. The van der Waals surface area contributed by atoms with Crippen molar-refractivity contribution in [3.8, 4) is 0 Å². The summed E-state index contributed by atoms with van der Waals surface area (Å²) in [5, 5.41) is 0. The first-order valence-corrected chi connectivity index (χ1v) is 5.14. The van der Waals surface area contributed by atoms with Crippen molar-refractivity contribution in [3.05, 3.63) is 35.4 Å². The Morgan fingerprint density at radius 1 is 1.38 bits per heavy atom. The van der Waals surface area contributed by atoms with Gasteiger partial charge in [-0.2, -0.15) is 0 Å². The molecule has 1 nitrogen and oxygen atoms in total. The van der Waals surface area contributed by atoms with Crippen molar-refractivity contribution in [3.63, 3.8) is 0 Å². The van der Waals surface area contributed by atoms with Crippen LogP contribution in [0.4, 0.5) is 0 Å². The standard InChI is InChI=1S/C12H17N/c1-2-9-5-3-4-6-11(9)12-7-10(12)8-13/h3-6,10,12H,2,7-8,13H2,1H3/t10-,12+/m0/s1. The minimum Gasteiger partial charge on any atom is -0.330 e. The van der Waals surface area contributed by atoms with E-state index >= 15 is 0 Å². The molecule has 1 aliphatic rings. The molecule has 1 saturated carbocycles. The molecule has 0 saturated heterocycles. The third-order valence-electron chi connectivity index (χ3n) is 3.06. The zero-order valence-corrected chi connectivity index (χ0v) is 8.16. The molecule has 0 amide bonds. The van der Waals surface area contributed by atoms with E-state index in [4.69, 9.17) is 5.73 Å². The van der Waals surface area contributed by atoms with E-state index in [1.807, 2.05) is 0 Å². The van der Waals surface area contributed by atoms with Gasteiger partial charge in [-0.15, -0.1) is 0 Å². The van der Waals surface area contributed by atoms with E-state index in [0.29, 0.717) is 0 Å². The minimum atomic E-state index is 0.757. The largest absolute Gasteiger partial charge is 0.330 e. The Bertz CT molecular complexity index is 293. The molecular formula is C12H17N. The molecule has 0 spiro atoms. The molecule has 1 fully saturated rings. The van der Waals surface area contributed by atoms with Crippen LogP contribution in [0.3, 0.4) is 0 Å². The van der Waals surface area contributed by atoms with Gasteiger partial charge in [-0.3, -0.25) is 0 Å². The van der Waals surface area contributed by atoms with Crippen LogP contribution >= 0.6 is 0 Å². The predicted molar refractivity (Wildman–Crippen MR) is 55.7 cm³/mol. The van der Waals surface area contributed by atoms with Crippen molar-refractivity contribution < 1.29 is 0 Å². The van der Waals surface area contributed by atoms with Crippen LogP contribution in [0.15, 0.2) is 24.3 Å². The minimum absolute atomic E-state index is 0.757. The van der Waals surface area contributed by atoms with Crippen molar-refractivity contribution in [1.29, 1.82) is 0 Å². The zero-order valence-electron chi connectivity index (χ0n) is 8.16. The average molecular weight is 175 g/mol. The Balaban J connectivity index is 2.20. The molecule has 1 heteroatoms. The van der Waals surface area contributed by atoms with Gasteiger partial charge in [0, 0.05) is 0 Å². The summed E-state index contributed by atoms with van der Waals surface area (Å²) in [6.07, 6.45) is 2.44. The van der Waals surface area contributed by atoms with Gasteiger partial charge in [-0.1, -0.05) is 31.2 Å². The predicted octanol–water partition coefficient (Wildman–Crippen LogP) is 2.31. The van der Waals surface area contributed by atoms with Crippen LogP contribution in [0.5, 0.6) is 0 Å². The van der Waals surface area contributed by atoms with Gasteiger partial charge in [0.05, 0.1) is 0 Å². The van der Waals surface area contributed by atoms with E-state index in [0.717, 1.165) is 24.8 Å². The molecule has 1 aliphatic carbocycles. The van der Waals surface area contributed by atoms with E-state index in [1.165, 1.54) is 12.0 Å². The van der Waals surface area contributed by atoms with Crippen LogP contribution in [-0.4, -0.2) is 6.54 Å². The summed E-state index contributed by atoms with van der Waals surface area (Å²) in [4.78, 5) is 0. The fourth-order valence-corrected chi connectivity index (χ4v) is 2.11. The van der Waals surface area contributed by atoms with Gasteiger partial charge in [0.2, 0.25) is 0 Å². The highest BCUT2D eigenvalue weighted by Gasteiger charge is 2.37. The topological polar surface area (TPSA) is 26.0 Å². The second-order valence-corrected chi connectivity index (χ2v) is 3.89. The van der Waals surface area contributed by atoms with Crippen LogP contribution in [0.25, 0.3) is 0 Å². The lowest BCUT2D eigenvalue weighted by molar-refractivity contribution is 0.804. The third-order valence-corrected chi connectivity index (χ3v) is 3.06. The molecule has 0 aromatic heterocycles. The lowest BCUT2D eigenvalue weighted by atomic mass is 10.0. The van der Waals surface area contributed by atoms with Crippen LogP contribution in [-0.2, 0) is 6.42 Å². The summed E-state index contributed by atoms with van der Waals surface area (Å²) in [7, 11) is 0. The second kappa shape index (κ2) is 3.51. The highest BCUT2D eigenvalue weighted by atomic mass is 14.6. The van der Waals surface area contributed by atoms with Crippen molar-refractivity contribution in [2.75, 3.05) is 6.54 Å². The number of rotatable bonds is 3. The molecule has 2 atom stereocenters. The Labute approximate surface area is 80.0 Å². The quantitative estimate of drug-likeness (QED) is 0.749. The van der Waals surface area contributed by atoms with Gasteiger partial charge >= 0.3 is 0 Å². The molecule has 13 heavy (non-hydrogen) atoms. The second-order valence-electron chi connectivity index (χ2n) is 3.89. The first kappa shape index (κ1) is 8.76. The molecule has 1 aromatic carbocycles. The molecule has 0 radical (unpaired) electrons. The van der Waals surface area contributed by atoms with Crippen molar-refractivity contribution in [2.24, 2.45) is 11.7 Å². The van der Waals surface area contributed by atoms with Crippen LogP contribution in [0, 0.1) is 5.92 Å². The lowest BCUT2D eigenvalue weighted by Crippen LogP contribution is -2.02. The maximum absolute atomic E-state index is 5.65. The molecular weight excluding hydrogens is 158 g/mol. The molecule has 2 N–H and O–H groups in total. The Morgan fingerprint density at radius 2 is 2.15 bits per heavy atom. The molecule has 2 rings (SSSR count). The van der Waals surface area contributed by atoms with Gasteiger partial charge in [0.25, 0.3) is 0 Å². The van der Waals surface area contributed by atoms with E-state index < -0.39 is 0 Å². The third kappa shape index (κ3) is 1.61. The number of aryl methyl sites for hydroxylation is 1. The smallest absolute Gasteiger partial charge is 0.00428 e. The van der Waals surface area contributed by atoms with Crippen LogP contribution < -0.4 is 5.73 Å². The van der Waals surface area contributed by atoms with E-state index in [-0.39, 0.29) is 0 Å². The van der Waals surface area contributed by atoms with Crippen LogP contribution in [0.2, 0.25) is 0 Å². The number of hydrogen-bond acceptors (Lipinski definition) is 1. The maximum Gasteiger partial charge on any atom is -0.00428 e. The Morgan fingerprint density at radius 3 is 2.77 bits per heavy atom. The number of nitrogens with two attached hydrogens (primary N) is 1. The number of hydrogen-bond donors (Lipinski definition) is 1. The fraction of sp³-hybridized carbons (Fsp3) is 0.500. The van der Waals surface area contributed by atoms with E-state index in [2.05, 4.69) is 31.2 Å². The molecule has 1 aromatic rings. The molecule has 0 unspecified atom stereocenters. The summed E-state index contributed by atoms with van der Waals surface area (Å²) < 4.78 is 0. The maximum atomic E-state index is 5.65. The van der Waals surface area contributed by atoms with Crippen molar-refractivity contribution in [2.45, 2.75) is 25.7 Å². The average Bonchev–Trinajstić information content (AvgIpc) is 2.96. The summed E-state index contributed by atoms with van der Waals surface area (Å²) in [5.41, 5.74) is 8.70.